The number of nitrogens with zero attached hydrogens (tertiary/aromatic N) is 2. The number of rotatable bonds is 14. The van der Waals surface area contributed by atoms with Gasteiger partial charge in [0.05, 0.1) is 19.1 Å². The van der Waals surface area contributed by atoms with Crippen molar-refractivity contribution in [3.8, 4) is 0 Å². The molecule has 9 heteroatoms. The molecule has 0 aromatic heterocycles. The number of esters is 1. The molecule has 266 valence electrons. The maximum Gasteiger partial charge on any atom is 0.413 e. The lowest BCUT2D eigenvalue weighted by Gasteiger charge is -2.37. The Balaban J connectivity index is 1.16. The number of likely N-dealkylation sites (N-methyl/N-ethyl adjacent to an activating group) is 1. The number of carbonyl (C=O) groups excluding carboxylic acids is 3. The summed E-state index contributed by atoms with van der Waals surface area (Å²) in [5.74, 6) is -1.03. The predicted molar refractivity (Wildman–Crippen MR) is 197 cm³/mol. The summed E-state index contributed by atoms with van der Waals surface area (Å²) in [7, 11) is 0. The van der Waals surface area contributed by atoms with Crippen molar-refractivity contribution < 1.29 is 32.7 Å². The first-order valence-corrected chi connectivity index (χ1v) is 17.4. The Kier molecular flexibility index (Phi) is 10.8. The summed E-state index contributed by atoms with van der Waals surface area (Å²) in [5, 5.41) is 8.18. The molecule has 1 N–H and O–H groups in total. The monoisotopic (exact) mass is 684 g/mol. The Bertz CT molecular complexity index is 1830. The van der Waals surface area contributed by atoms with Crippen molar-refractivity contribution in [2.24, 2.45) is 0 Å². The highest BCUT2D eigenvalue weighted by Crippen LogP contribution is 2.34. The van der Waals surface area contributed by atoms with E-state index in [1.54, 1.807) is 27.7 Å². The van der Waals surface area contributed by atoms with Gasteiger partial charge in [-0.2, -0.15) is 0 Å². The highest BCUT2D eigenvalue weighted by Gasteiger charge is 2.49. The molecular weight excluding hydrogens is 630 g/mol. The molecule has 1 heterocycles. The smallest absolute Gasteiger partial charge is 0.413 e. The van der Waals surface area contributed by atoms with Crippen LogP contribution in [0.15, 0.2) is 84.9 Å². The maximum absolute atomic E-state index is 13.5. The van der Waals surface area contributed by atoms with Gasteiger partial charge in [-0.05, 0) is 85.8 Å². The molecule has 0 bridgehead atoms. The zero-order valence-corrected chi connectivity index (χ0v) is 29.6. The molecule has 1 fully saturated rings. The van der Waals surface area contributed by atoms with Gasteiger partial charge >= 0.3 is 12.1 Å². The average molecular weight is 685 g/mol. The highest BCUT2D eigenvalue weighted by atomic mass is 16.6. The van der Waals surface area contributed by atoms with Gasteiger partial charge in [-0.3, -0.25) is 14.5 Å². The first-order valence-electron chi connectivity index (χ1n) is 18.9. The van der Waals surface area contributed by atoms with Crippen LogP contribution >= 0.6 is 0 Å². The van der Waals surface area contributed by atoms with Crippen LogP contribution in [0.5, 0.6) is 0 Å². The molecule has 2 amide bonds. The van der Waals surface area contributed by atoms with E-state index in [2.05, 4.69) is 47.8 Å². The summed E-state index contributed by atoms with van der Waals surface area (Å²) in [4.78, 5) is 41.9. The summed E-state index contributed by atoms with van der Waals surface area (Å²) >= 11 is 0. The van der Waals surface area contributed by atoms with Crippen molar-refractivity contribution in [3.63, 3.8) is 0 Å². The van der Waals surface area contributed by atoms with Crippen molar-refractivity contribution in [2.75, 3.05) is 39.8 Å². The minimum absolute atomic E-state index is 0.0124. The third-order valence-corrected chi connectivity index (χ3v) is 8.96. The number of nitrogens with one attached hydrogen (secondary N) is 1. The minimum atomic E-state index is -2.65. The molecule has 1 aliphatic rings. The molecule has 9 nitrogen and oxygen atoms in total. The molecule has 2 atom stereocenters. The van der Waals surface area contributed by atoms with Crippen molar-refractivity contribution in [1.82, 2.24) is 15.1 Å². The Labute approximate surface area is 300 Å². The van der Waals surface area contributed by atoms with E-state index in [9.17, 15) is 14.4 Å². The molecule has 1 unspecified atom stereocenters. The number of hydrogen-bond acceptors (Lipinski definition) is 7. The van der Waals surface area contributed by atoms with Crippen LogP contribution in [0.4, 0.5) is 4.79 Å². The van der Waals surface area contributed by atoms with Gasteiger partial charge in [0, 0.05) is 37.0 Å². The molecule has 0 spiro atoms. The van der Waals surface area contributed by atoms with Crippen LogP contribution in [0, 0.1) is 0 Å². The number of ether oxygens (including phenoxy) is 3. The molecule has 50 heavy (non-hydrogen) atoms. The number of hydrogen-bond donors (Lipinski definition) is 1. The minimum Gasteiger partial charge on any atom is -0.463 e. The van der Waals surface area contributed by atoms with Gasteiger partial charge < -0.3 is 24.4 Å². The third kappa shape index (κ3) is 9.61. The number of fused-ring (bicyclic) bond motifs is 2. The molecule has 1 saturated heterocycles. The van der Waals surface area contributed by atoms with E-state index in [1.807, 2.05) is 42.5 Å². The van der Waals surface area contributed by atoms with Gasteiger partial charge in [0.15, 0.2) is 0 Å². The van der Waals surface area contributed by atoms with Gasteiger partial charge in [0.25, 0.3) is 0 Å². The molecule has 5 rings (SSSR count). The average Bonchev–Trinajstić information content (AvgIpc) is 3.44. The molecule has 4 aromatic rings. The second kappa shape index (κ2) is 16.5. The molecule has 0 radical (unpaired) electrons. The lowest BCUT2D eigenvalue weighted by molar-refractivity contribution is -0.144. The van der Waals surface area contributed by atoms with E-state index in [-0.39, 0.29) is 39.0 Å². The SMILES string of the molecule is [2H]C([2H])([2H])N(CCNCCCc1c2ccccc2cc2ccccc12)C(=O)CCC1(C)OC[C@@H](COC(=O)Cc2ccccc2)N1C(=O)OC(C)(C)C. The van der Waals surface area contributed by atoms with E-state index >= 15 is 0 Å². The van der Waals surface area contributed by atoms with Crippen LogP contribution in [0.1, 0.15) is 62.2 Å². The molecule has 0 aliphatic carbocycles. The lowest BCUT2D eigenvalue weighted by Crippen LogP contribution is -2.53. The second-order valence-electron chi connectivity index (χ2n) is 14.0. The van der Waals surface area contributed by atoms with Gasteiger partial charge in [-0.25, -0.2) is 4.79 Å². The van der Waals surface area contributed by atoms with Crippen molar-refractivity contribution in [3.05, 3.63) is 96.1 Å². The zero-order chi connectivity index (χ0) is 38.2. The van der Waals surface area contributed by atoms with Crippen molar-refractivity contribution >= 4 is 39.5 Å². The Hall–Kier alpha value is -4.47. The Morgan fingerprint density at radius 1 is 0.980 bits per heavy atom. The van der Waals surface area contributed by atoms with E-state index in [1.165, 1.54) is 32.0 Å². The number of benzene rings is 4. The molecule has 0 saturated carbocycles. The molecular formula is C41H51N3O6. The largest absolute Gasteiger partial charge is 0.463 e. The van der Waals surface area contributed by atoms with Crippen LogP contribution in [0.25, 0.3) is 21.5 Å². The Morgan fingerprint density at radius 2 is 1.64 bits per heavy atom. The van der Waals surface area contributed by atoms with Crippen LogP contribution in [-0.2, 0) is 36.6 Å². The van der Waals surface area contributed by atoms with Gasteiger partial charge in [0.2, 0.25) is 5.91 Å². The van der Waals surface area contributed by atoms with E-state index in [0.29, 0.717) is 13.1 Å². The standard InChI is InChI=1S/C41H51N3O6/c1-40(2,3)50-39(47)44-33(28-48-38(46)26-30-14-7-6-8-15-30)29-49-41(44,4)22-21-37(45)43(5)25-24-42-23-13-20-36-34-18-11-9-16-31(34)27-32-17-10-12-19-35(32)36/h6-12,14-19,27,33,42H,13,20-26,28-29H2,1-5H3/t33-,41?/m1/s1/i5D3. The summed E-state index contributed by atoms with van der Waals surface area (Å²) in [5.41, 5.74) is -0.0379. The number of carbonyl (C=O) groups is 3. The van der Waals surface area contributed by atoms with E-state index < -0.39 is 42.3 Å². The molecule has 1 aliphatic heterocycles. The highest BCUT2D eigenvalue weighted by molar-refractivity contribution is 6.02. The first kappa shape index (κ1) is 32.7. The van der Waals surface area contributed by atoms with E-state index in [4.69, 9.17) is 18.3 Å². The quantitative estimate of drug-likeness (QED) is 0.0878. The third-order valence-electron chi connectivity index (χ3n) is 8.96. The zero-order valence-electron chi connectivity index (χ0n) is 32.6. The van der Waals surface area contributed by atoms with Gasteiger partial charge in [-0.15, -0.1) is 0 Å². The summed E-state index contributed by atoms with van der Waals surface area (Å²) in [6, 6.07) is 27.5. The van der Waals surface area contributed by atoms with Crippen LogP contribution < -0.4 is 5.32 Å². The number of aryl methyl sites for hydroxylation is 1. The summed E-state index contributed by atoms with van der Waals surface area (Å²) in [6.07, 6.45) is 0.896. The van der Waals surface area contributed by atoms with Crippen molar-refractivity contribution in [1.29, 1.82) is 0 Å². The fourth-order valence-corrected chi connectivity index (χ4v) is 6.46. The van der Waals surface area contributed by atoms with Crippen LogP contribution in [-0.4, -0.2) is 85.0 Å². The summed E-state index contributed by atoms with van der Waals surface area (Å²) < 4.78 is 41.6. The topological polar surface area (TPSA) is 97.4 Å². The van der Waals surface area contributed by atoms with Crippen molar-refractivity contribution in [2.45, 2.75) is 77.2 Å². The van der Waals surface area contributed by atoms with Gasteiger partial charge in [0.1, 0.15) is 17.9 Å². The lowest BCUT2D eigenvalue weighted by atomic mass is 9.94. The Morgan fingerprint density at radius 3 is 2.30 bits per heavy atom. The summed E-state index contributed by atoms with van der Waals surface area (Å²) in [6.45, 7) is 5.09. The van der Waals surface area contributed by atoms with Gasteiger partial charge in [-0.1, -0.05) is 78.9 Å². The number of amides is 2. The fourth-order valence-electron chi connectivity index (χ4n) is 6.46. The fraction of sp³-hybridized carbons (Fsp3) is 0.439. The second-order valence-corrected chi connectivity index (χ2v) is 14.0. The maximum atomic E-state index is 13.5. The predicted octanol–water partition coefficient (Wildman–Crippen LogP) is 6.89. The van der Waals surface area contributed by atoms with Crippen LogP contribution in [0.3, 0.4) is 0 Å². The first-order chi connectivity index (χ1) is 25.1. The van der Waals surface area contributed by atoms with E-state index in [0.717, 1.165) is 23.3 Å². The molecule has 4 aromatic carbocycles. The normalized spacial score (nSPS) is 18.8. The van der Waals surface area contributed by atoms with Crippen LogP contribution in [0.2, 0.25) is 0 Å².